The van der Waals surface area contributed by atoms with Crippen molar-refractivity contribution in [2.45, 2.75) is 36.4 Å². The minimum atomic E-state index is -0.570. The molecule has 2 amide bonds. The van der Waals surface area contributed by atoms with Crippen LogP contribution in [-0.2, 0) is 17.8 Å². The number of nitrogens with one attached hydrogen (secondary N) is 1. The van der Waals surface area contributed by atoms with Gasteiger partial charge in [-0.3, -0.25) is 9.59 Å². The average Bonchev–Trinajstić information content (AvgIpc) is 3.33. The number of carbonyl (C=O) groups is 2. The van der Waals surface area contributed by atoms with E-state index >= 15 is 0 Å². The highest BCUT2D eigenvalue weighted by Crippen LogP contribution is 2.36. The van der Waals surface area contributed by atoms with Crippen LogP contribution in [0.2, 0.25) is 0 Å². The van der Waals surface area contributed by atoms with E-state index in [9.17, 15) is 9.59 Å². The summed E-state index contributed by atoms with van der Waals surface area (Å²) in [5.74, 6) is 0.849. The smallest absolute Gasteiger partial charge is 0.290 e. The average molecular weight is 419 g/mol. The maximum Gasteiger partial charge on any atom is 0.290 e. The van der Waals surface area contributed by atoms with Gasteiger partial charge in [0.2, 0.25) is 5.91 Å². The summed E-state index contributed by atoms with van der Waals surface area (Å²) >= 11 is 1.82. The molecule has 1 aromatic heterocycles. The lowest BCUT2D eigenvalue weighted by atomic mass is 9.92. The normalized spacial score (nSPS) is 20.2. The number of amides is 2. The van der Waals surface area contributed by atoms with Crippen LogP contribution in [0.4, 0.5) is 0 Å². The molecule has 0 saturated carbocycles. The quantitative estimate of drug-likeness (QED) is 0.693. The molecule has 0 bridgehead atoms. The number of hydrogen-bond acceptors (Lipinski definition) is 4. The number of furan rings is 1. The lowest BCUT2D eigenvalue weighted by Crippen LogP contribution is -2.53. The summed E-state index contributed by atoms with van der Waals surface area (Å²) in [6.45, 7) is 0.394. The van der Waals surface area contributed by atoms with Crippen LogP contribution in [-0.4, -0.2) is 28.5 Å². The van der Waals surface area contributed by atoms with Crippen molar-refractivity contribution in [3.63, 3.8) is 0 Å². The van der Waals surface area contributed by atoms with Crippen molar-refractivity contribution < 1.29 is 14.0 Å². The van der Waals surface area contributed by atoms with E-state index < -0.39 is 6.04 Å². The summed E-state index contributed by atoms with van der Waals surface area (Å²) in [6.07, 6.45) is 2.86. The van der Waals surface area contributed by atoms with Gasteiger partial charge in [0, 0.05) is 23.6 Å². The fourth-order valence-electron chi connectivity index (χ4n) is 4.27. The highest BCUT2D eigenvalue weighted by Gasteiger charge is 2.37. The van der Waals surface area contributed by atoms with Gasteiger partial charge in [-0.2, -0.15) is 0 Å². The lowest BCUT2D eigenvalue weighted by molar-refractivity contribution is -0.127. The molecule has 2 aliphatic rings. The Kier molecular flexibility index (Phi) is 5.09. The molecule has 30 heavy (non-hydrogen) atoms. The Morgan fingerprint density at radius 1 is 1.00 bits per heavy atom. The fourth-order valence-corrected chi connectivity index (χ4v) is 5.40. The van der Waals surface area contributed by atoms with Crippen LogP contribution in [0, 0.1) is 0 Å². The zero-order valence-corrected chi connectivity index (χ0v) is 17.2. The van der Waals surface area contributed by atoms with Gasteiger partial charge < -0.3 is 14.6 Å². The molecule has 2 aliphatic heterocycles. The van der Waals surface area contributed by atoms with E-state index in [1.165, 1.54) is 11.2 Å². The van der Waals surface area contributed by atoms with Crippen LogP contribution in [0.15, 0.2) is 76.2 Å². The van der Waals surface area contributed by atoms with E-state index in [-0.39, 0.29) is 23.6 Å². The first-order valence-electron chi connectivity index (χ1n) is 10.1. The molecule has 5 rings (SSSR count). The van der Waals surface area contributed by atoms with E-state index in [0.29, 0.717) is 13.0 Å². The zero-order valence-electron chi connectivity index (χ0n) is 16.4. The van der Waals surface area contributed by atoms with Crippen LogP contribution >= 0.6 is 11.8 Å². The van der Waals surface area contributed by atoms with Crippen molar-refractivity contribution in [2.75, 3.05) is 5.75 Å². The summed E-state index contributed by atoms with van der Waals surface area (Å²) in [4.78, 5) is 29.4. The Hall–Kier alpha value is -2.99. The van der Waals surface area contributed by atoms with Crippen LogP contribution in [0.5, 0.6) is 0 Å². The zero-order chi connectivity index (χ0) is 20.5. The van der Waals surface area contributed by atoms with Gasteiger partial charge in [-0.1, -0.05) is 42.5 Å². The van der Waals surface area contributed by atoms with E-state index in [1.54, 1.807) is 17.0 Å². The minimum Gasteiger partial charge on any atom is -0.459 e. The maximum atomic E-state index is 13.4. The molecular weight excluding hydrogens is 396 g/mol. The van der Waals surface area contributed by atoms with Crippen molar-refractivity contribution in [3.8, 4) is 0 Å². The fraction of sp³-hybridized carbons (Fsp3) is 0.250. The lowest BCUT2D eigenvalue weighted by Gasteiger charge is -2.37. The number of hydrogen-bond donors (Lipinski definition) is 1. The standard InChI is InChI=1S/C24H22N2O3S/c27-23(25-19-11-13-30-22-10-4-3-8-18(19)22)20-14-16-6-1-2-7-17(16)15-26(20)24(28)21-9-5-12-29-21/h1-10,12,19-20H,11,13-15H2,(H,25,27). The molecule has 3 aromatic rings. The topological polar surface area (TPSA) is 62.6 Å². The van der Waals surface area contributed by atoms with E-state index in [1.807, 2.05) is 48.2 Å². The van der Waals surface area contributed by atoms with Crippen molar-refractivity contribution in [3.05, 3.63) is 89.4 Å². The molecule has 3 heterocycles. The Bertz CT molecular complexity index is 1080. The van der Waals surface area contributed by atoms with Crippen LogP contribution in [0.25, 0.3) is 0 Å². The third kappa shape index (κ3) is 3.52. The Morgan fingerprint density at radius 3 is 2.63 bits per heavy atom. The second-order valence-electron chi connectivity index (χ2n) is 7.64. The largest absolute Gasteiger partial charge is 0.459 e. The second-order valence-corrected chi connectivity index (χ2v) is 8.77. The summed E-state index contributed by atoms with van der Waals surface area (Å²) in [6, 6.07) is 18.9. The van der Waals surface area contributed by atoms with Gasteiger partial charge in [0.25, 0.3) is 5.91 Å². The van der Waals surface area contributed by atoms with Gasteiger partial charge in [-0.05, 0) is 41.3 Å². The predicted molar refractivity (Wildman–Crippen MR) is 115 cm³/mol. The van der Waals surface area contributed by atoms with Crippen LogP contribution in [0.3, 0.4) is 0 Å². The second kappa shape index (κ2) is 8.03. The molecule has 2 unspecified atom stereocenters. The molecule has 0 fully saturated rings. The summed E-state index contributed by atoms with van der Waals surface area (Å²) in [5, 5.41) is 3.23. The maximum absolute atomic E-state index is 13.4. The molecule has 0 spiro atoms. The molecule has 2 atom stereocenters. The van der Waals surface area contributed by atoms with Gasteiger partial charge in [0.05, 0.1) is 12.3 Å². The monoisotopic (exact) mass is 418 g/mol. The number of carbonyl (C=O) groups excluding carboxylic acids is 2. The molecule has 6 heteroatoms. The highest BCUT2D eigenvalue weighted by atomic mass is 32.2. The number of thioether (sulfide) groups is 1. The number of fused-ring (bicyclic) bond motifs is 2. The van der Waals surface area contributed by atoms with E-state index in [4.69, 9.17) is 4.42 Å². The number of benzene rings is 2. The third-order valence-electron chi connectivity index (χ3n) is 5.82. The molecule has 2 aromatic carbocycles. The van der Waals surface area contributed by atoms with Gasteiger partial charge in [-0.25, -0.2) is 0 Å². The minimum absolute atomic E-state index is 0.0346. The van der Waals surface area contributed by atoms with Crippen molar-refractivity contribution in [2.24, 2.45) is 0 Å². The van der Waals surface area contributed by atoms with Gasteiger partial charge in [0.1, 0.15) is 6.04 Å². The molecular formula is C24H22N2O3S. The van der Waals surface area contributed by atoms with Crippen molar-refractivity contribution in [1.29, 1.82) is 0 Å². The number of rotatable bonds is 3. The molecule has 0 radical (unpaired) electrons. The molecule has 0 aliphatic carbocycles. The van der Waals surface area contributed by atoms with Gasteiger partial charge >= 0.3 is 0 Å². The highest BCUT2D eigenvalue weighted by molar-refractivity contribution is 7.99. The Balaban J connectivity index is 1.43. The van der Waals surface area contributed by atoms with Gasteiger partial charge in [0.15, 0.2) is 5.76 Å². The predicted octanol–water partition coefficient (Wildman–Crippen LogP) is 4.20. The molecule has 0 saturated heterocycles. The Labute approximate surface area is 179 Å². The summed E-state index contributed by atoms with van der Waals surface area (Å²) < 4.78 is 5.34. The first-order chi connectivity index (χ1) is 14.7. The van der Waals surface area contributed by atoms with Gasteiger partial charge in [-0.15, -0.1) is 11.8 Å². The van der Waals surface area contributed by atoms with Crippen molar-refractivity contribution >= 4 is 23.6 Å². The van der Waals surface area contributed by atoms with Crippen LogP contribution < -0.4 is 5.32 Å². The third-order valence-corrected chi connectivity index (χ3v) is 6.94. The van der Waals surface area contributed by atoms with Crippen LogP contribution in [0.1, 0.15) is 39.7 Å². The SMILES string of the molecule is O=C(NC1CCSc2ccccc21)C1Cc2ccccc2CN1C(=O)c1ccco1. The molecule has 5 nitrogen and oxygen atoms in total. The first kappa shape index (κ1) is 19.0. The Morgan fingerprint density at radius 2 is 1.80 bits per heavy atom. The molecule has 152 valence electrons. The van der Waals surface area contributed by atoms with E-state index in [0.717, 1.165) is 28.9 Å². The van der Waals surface area contributed by atoms with Crippen molar-refractivity contribution in [1.82, 2.24) is 10.2 Å². The first-order valence-corrected chi connectivity index (χ1v) is 11.1. The van der Waals surface area contributed by atoms with E-state index in [2.05, 4.69) is 17.4 Å². The summed E-state index contributed by atoms with van der Waals surface area (Å²) in [7, 11) is 0. The number of nitrogens with zero attached hydrogens (tertiary/aromatic N) is 1. The molecule has 1 N–H and O–H groups in total. The summed E-state index contributed by atoms with van der Waals surface area (Å²) in [5.41, 5.74) is 3.34.